The topological polar surface area (TPSA) is 79.5 Å². The number of hydrogen-bond donors (Lipinski definition) is 2. The number of aliphatic hydroxyl groups is 1. The van der Waals surface area contributed by atoms with Gasteiger partial charge in [-0.05, 0) is 38.5 Å². The molecule has 0 radical (unpaired) electrons. The Morgan fingerprint density at radius 3 is 2.59 bits per heavy atom. The first-order chi connectivity index (χ1) is 10.3. The highest BCUT2D eigenvalue weighted by molar-refractivity contribution is 7.89. The standard InChI is InChI=1S/C15H18ClNO4S/c1-10-9-12(11(2)21-10)14(18)7-8-17-22(19,20)15-6-4-3-5-13(15)16/h3-6,9,14,17-18H,7-8H2,1-2H3/t14-/m0/s1. The Morgan fingerprint density at radius 2 is 2.00 bits per heavy atom. The van der Waals surface area contributed by atoms with E-state index >= 15 is 0 Å². The van der Waals surface area contributed by atoms with E-state index in [1.807, 2.05) is 0 Å². The van der Waals surface area contributed by atoms with Gasteiger partial charge in [0.25, 0.3) is 0 Å². The van der Waals surface area contributed by atoms with Crippen LogP contribution in [0.3, 0.4) is 0 Å². The molecule has 120 valence electrons. The first kappa shape index (κ1) is 17.0. The third-order valence-electron chi connectivity index (χ3n) is 3.27. The molecular formula is C15H18ClNO4S. The Hall–Kier alpha value is -1.34. The zero-order valence-corrected chi connectivity index (χ0v) is 13.9. The van der Waals surface area contributed by atoms with Crippen molar-refractivity contribution in [1.29, 1.82) is 0 Å². The van der Waals surface area contributed by atoms with E-state index in [9.17, 15) is 13.5 Å². The van der Waals surface area contributed by atoms with Crippen LogP contribution in [0.25, 0.3) is 0 Å². The molecule has 1 atom stereocenters. The maximum atomic E-state index is 12.1. The fourth-order valence-corrected chi connectivity index (χ4v) is 3.77. The second-order valence-corrected chi connectivity index (χ2v) is 7.14. The van der Waals surface area contributed by atoms with Crippen molar-refractivity contribution >= 4 is 21.6 Å². The largest absolute Gasteiger partial charge is 0.466 e. The van der Waals surface area contributed by atoms with Gasteiger partial charge in [-0.25, -0.2) is 13.1 Å². The van der Waals surface area contributed by atoms with Crippen LogP contribution in [0.15, 0.2) is 39.6 Å². The molecule has 0 saturated carbocycles. The highest BCUT2D eigenvalue weighted by Crippen LogP contribution is 2.24. The monoisotopic (exact) mass is 343 g/mol. The Labute approximate surface area is 135 Å². The van der Waals surface area contributed by atoms with Gasteiger partial charge in [-0.3, -0.25) is 0 Å². The number of aliphatic hydroxyl groups excluding tert-OH is 1. The first-order valence-corrected chi connectivity index (χ1v) is 8.66. The van der Waals surface area contributed by atoms with Crippen LogP contribution in [0.4, 0.5) is 0 Å². The molecule has 0 spiro atoms. The van der Waals surface area contributed by atoms with E-state index in [1.165, 1.54) is 12.1 Å². The van der Waals surface area contributed by atoms with Crippen LogP contribution < -0.4 is 4.72 Å². The summed E-state index contributed by atoms with van der Waals surface area (Å²) < 4.78 is 32.1. The van der Waals surface area contributed by atoms with E-state index in [2.05, 4.69) is 4.72 Å². The second-order valence-electron chi connectivity index (χ2n) is 5.00. The van der Waals surface area contributed by atoms with E-state index < -0.39 is 16.1 Å². The smallest absolute Gasteiger partial charge is 0.242 e. The maximum absolute atomic E-state index is 12.1. The van der Waals surface area contributed by atoms with Gasteiger partial charge in [0.05, 0.1) is 11.1 Å². The summed E-state index contributed by atoms with van der Waals surface area (Å²) in [4.78, 5) is 0.0292. The van der Waals surface area contributed by atoms with Crippen molar-refractivity contribution in [2.45, 2.75) is 31.3 Å². The quantitative estimate of drug-likeness (QED) is 0.845. The van der Waals surface area contributed by atoms with Crippen molar-refractivity contribution in [2.24, 2.45) is 0 Å². The number of halogens is 1. The molecule has 1 aromatic carbocycles. The summed E-state index contributed by atoms with van der Waals surface area (Å²) in [5.41, 5.74) is 0.675. The lowest BCUT2D eigenvalue weighted by molar-refractivity contribution is 0.167. The normalized spacial score (nSPS) is 13.3. The lowest BCUT2D eigenvalue weighted by Crippen LogP contribution is -2.26. The molecule has 1 heterocycles. The number of aryl methyl sites for hydroxylation is 2. The third-order valence-corrected chi connectivity index (χ3v) is 5.24. The van der Waals surface area contributed by atoms with E-state index in [-0.39, 0.29) is 22.9 Å². The van der Waals surface area contributed by atoms with Crippen LogP contribution in [0.2, 0.25) is 5.02 Å². The number of hydrogen-bond acceptors (Lipinski definition) is 4. The summed E-state index contributed by atoms with van der Waals surface area (Å²) in [6.07, 6.45) is -0.546. The Morgan fingerprint density at radius 1 is 1.32 bits per heavy atom. The highest BCUT2D eigenvalue weighted by Gasteiger charge is 2.19. The third kappa shape index (κ3) is 3.89. The number of nitrogens with one attached hydrogen (secondary N) is 1. The van der Waals surface area contributed by atoms with E-state index in [1.54, 1.807) is 32.0 Å². The second kappa shape index (κ2) is 6.83. The predicted molar refractivity (Wildman–Crippen MR) is 84.4 cm³/mol. The minimum Gasteiger partial charge on any atom is -0.466 e. The van der Waals surface area contributed by atoms with Gasteiger partial charge in [0, 0.05) is 12.1 Å². The van der Waals surface area contributed by atoms with Gasteiger partial charge in [-0.2, -0.15) is 0 Å². The molecule has 0 fully saturated rings. The van der Waals surface area contributed by atoms with Crippen LogP contribution in [0.5, 0.6) is 0 Å². The number of benzene rings is 1. The van der Waals surface area contributed by atoms with E-state index in [0.717, 1.165) is 0 Å². The SMILES string of the molecule is Cc1cc([C@@H](O)CCNS(=O)(=O)c2ccccc2Cl)c(C)o1. The van der Waals surface area contributed by atoms with Gasteiger partial charge in [-0.1, -0.05) is 23.7 Å². The van der Waals surface area contributed by atoms with Gasteiger partial charge in [0.15, 0.2) is 0 Å². The molecule has 0 aliphatic carbocycles. The summed E-state index contributed by atoms with van der Waals surface area (Å²) in [7, 11) is -3.69. The van der Waals surface area contributed by atoms with E-state index in [0.29, 0.717) is 17.1 Å². The van der Waals surface area contributed by atoms with Crippen LogP contribution in [0, 0.1) is 13.8 Å². The van der Waals surface area contributed by atoms with Crippen LogP contribution >= 0.6 is 11.6 Å². The first-order valence-electron chi connectivity index (χ1n) is 6.80. The summed E-state index contributed by atoms with van der Waals surface area (Å²) in [6.45, 7) is 3.65. The fourth-order valence-electron chi connectivity index (χ4n) is 2.21. The fraction of sp³-hybridized carbons (Fsp3) is 0.333. The minimum atomic E-state index is -3.69. The molecule has 0 saturated heterocycles. The molecule has 22 heavy (non-hydrogen) atoms. The van der Waals surface area contributed by atoms with Crippen LogP contribution in [-0.4, -0.2) is 20.1 Å². The van der Waals surface area contributed by atoms with Gasteiger partial charge < -0.3 is 9.52 Å². The number of furan rings is 1. The minimum absolute atomic E-state index is 0.0292. The molecule has 7 heteroatoms. The van der Waals surface area contributed by atoms with Crippen molar-refractivity contribution in [3.63, 3.8) is 0 Å². The molecule has 0 aliphatic rings. The van der Waals surface area contributed by atoms with Gasteiger partial charge >= 0.3 is 0 Å². The molecule has 5 nitrogen and oxygen atoms in total. The summed E-state index contributed by atoms with van der Waals surface area (Å²) in [5.74, 6) is 1.35. The van der Waals surface area contributed by atoms with Crippen molar-refractivity contribution < 1.29 is 17.9 Å². The average Bonchev–Trinajstić information content (AvgIpc) is 2.77. The van der Waals surface area contributed by atoms with Crippen LogP contribution in [-0.2, 0) is 10.0 Å². The summed E-state index contributed by atoms with van der Waals surface area (Å²) in [6, 6.07) is 7.97. The van der Waals surface area contributed by atoms with Gasteiger partial charge in [0.1, 0.15) is 16.4 Å². The Balaban J connectivity index is 1.99. The summed E-state index contributed by atoms with van der Waals surface area (Å²) in [5, 5.41) is 10.3. The molecule has 2 aromatic rings. The molecule has 1 aromatic heterocycles. The van der Waals surface area contributed by atoms with E-state index in [4.69, 9.17) is 16.0 Å². The molecule has 0 amide bonds. The number of sulfonamides is 1. The zero-order chi connectivity index (χ0) is 16.3. The Kier molecular flexibility index (Phi) is 5.28. The molecule has 0 aliphatic heterocycles. The molecular weight excluding hydrogens is 326 g/mol. The maximum Gasteiger partial charge on any atom is 0.242 e. The van der Waals surface area contributed by atoms with Crippen molar-refractivity contribution in [3.05, 3.63) is 52.4 Å². The van der Waals surface area contributed by atoms with Gasteiger partial charge in [0.2, 0.25) is 10.0 Å². The van der Waals surface area contributed by atoms with Crippen molar-refractivity contribution in [3.8, 4) is 0 Å². The summed E-state index contributed by atoms with van der Waals surface area (Å²) >= 11 is 5.89. The molecule has 2 N–H and O–H groups in total. The van der Waals surface area contributed by atoms with Crippen LogP contribution in [0.1, 0.15) is 29.6 Å². The lowest BCUT2D eigenvalue weighted by Gasteiger charge is -2.11. The van der Waals surface area contributed by atoms with Crippen molar-refractivity contribution in [2.75, 3.05) is 6.54 Å². The molecule has 0 bridgehead atoms. The Bertz CT molecular complexity index is 755. The average molecular weight is 344 g/mol. The molecule has 2 rings (SSSR count). The predicted octanol–water partition coefficient (Wildman–Crippen LogP) is 2.95. The number of rotatable bonds is 6. The highest BCUT2D eigenvalue weighted by atomic mass is 35.5. The molecule has 0 unspecified atom stereocenters. The van der Waals surface area contributed by atoms with Gasteiger partial charge in [-0.15, -0.1) is 0 Å². The van der Waals surface area contributed by atoms with Crippen molar-refractivity contribution in [1.82, 2.24) is 4.72 Å². The lowest BCUT2D eigenvalue weighted by atomic mass is 10.1. The zero-order valence-electron chi connectivity index (χ0n) is 12.3.